The van der Waals surface area contributed by atoms with E-state index in [-0.39, 0.29) is 5.54 Å². The van der Waals surface area contributed by atoms with Gasteiger partial charge in [-0.15, -0.1) is 0 Å². The van der Waals surface area contributed by atoms with Gasteiger partial charge in [0.2, 0.25) is 0 Å². The highest BCUT2D eigenvalue weighted by Crippen LogP contribution is 2.16. The standard InChI is InChI=1S/C13H29N3/c1-13(2,14-3)11-16(5)10-12-7-6-8-15(4)9-12/h12,14H,6-11H2,1-5H3. The smallest absolute Gasteiger partial charge is 0.0249 e. The van der Waals surface area contributed by atoms with Crippen molar-refractivity contribution in [3.05, 3.63) is 0 Å². The van der Waals surface area contributed by atoms with Crippen molar-refractivity contribution in [3.8, 4) is 0 Å². The molecule has 0 aromatic heterocycles. The number of rotatable bonds is 5. The van der Waals surface area contributed by atoms with Crippen LogP contribution in [0.1, 0.15) is 26.7 Å². The van der Waals surface area contributed by atoms with Crippen LogP contribution in [0.15, 0.2) is 0 Å². The van der Waals surface area contributed by atoms with Crippen LogP contribution in [0.3, 0.4) is 0 Å². The molecular formula is C13H29N3. The van der Waals surface area contributed by atoms with Crippen LogP contribution in [0.2, 0.25) is 0 Å². The molecule has 0 spiro atoms. The van der Waals surface area contributed by atoms with Gasteiger partial charge in [-0.3, -0.25) is 0 Å². The highest BCUT2D eigenvalue weighted by atomic mass is 15.2. The molecule has 0 saturated carbocycles. The molecule has 1 N–H and O–H groups in total. The topological polar surface area (TPSA) is 18.5 Å². The molecule has 0 aromatic rings. The van der Waals surface area contributed by atoms with Gasteiger partial charge >= 0.3 is 0 Å². The molecule has 1 rings (SSSR count). The molecular weight excluding hydrogens is 198 g/mol. The highest BCUT2D eigenvalue weighted by Gasteiger charge is 2.22. The molecule has 96 valence electrons. The fourth-order valence-corrected chi connectivity index (χ4v) is 2.68. The second-order valence-corrected chi connectivity index (χ2v) is 6.10. The highest BCUT2D eigenvalue weighted by molar-refractivity contribution is 4.81. The van der Waals surface area contributed by atoms with E-state index in [0.717, 1.165) is 12.5 Å². The maximum atomic E-state index is 3.37. The summed E-state index contributed by atoms with van der Waals surface area (Å²) in [6, 6.07) is 0. The van der Waals surface area contributed by atoms with Gasteiger partial charge in [-0.1, -0.05) is 0 Å². The van der Waals surface area contributed by atoms with E-state index in [4.69, 9.17) is 0 Å². The first-order valence-corrected chi connectivity index (χ1v) is 6.49. The molecule has 1 fully saturated rings. The van der Waals surface area contributed by atoms with Crippen molar-refractivity contribution in [2.45, 2.75) is 32.2 Å². The maximum absolute atomic E-state index is 3.37. The molecule has 1 atom stereocenters. The summed E-state index contributed by atoms with van der Waals surface area (Å²) >= 11 is 0. The summed E-state index contributed by atoms with van der Waals surface area (Å²) in [5.41, 5.74) is 0.218. The Morgan fingerprint density at radius 3 is 2.69 bits per heavy atom. The Morgan fingerprint density at radius 2 is 2.12 bits per heavy atom. The minimum absolute atomic E-state index is 0.218. The van der Waals surface area contributed by atoms with Gasteiger partial charge in [-0.2, -0.15) is 0 Å². The largest absolute Gasteiger partial charge is 0.314 e. The van der Waals surface area contributed by atoms with E-state index in [9.17, 15) is 0 Å². The molecule has 0 bridgehead atoms. The molecule has 16 heavy (non-hydrogen) atoms. The van der Waals surface area contributed by atoms with Gasteiger partial charge in [0.05, 0.1) is 0 Å². The van der Waals surface area contributed by atoms with Gasteiger partial charge in [-0.05, 0) is 60.3 Å². The van der Waals surface area contributed by atoms with Gasteiger partial charge in [0.25, 0.3) is 0 Å². The number of nitrogens with zero attached hydrogens (tertiary/aromatic N) is 2. The Hall–Kier alpha value is -0.120. The summed E-state index contributed by atoms with van der Waals surface area (Å²) in [5, 5.41) is 3.37. The number of likely N-dealkylation sites (N-methyl/N-ethyl adjacent to an activating group) is 2. The van der Waals surface area contributed by atoms with E-state index in [2.05, 4.69) is 43.1 Å². The van der Waals surface area contributed by atoms with Crippen LogP contribution < -0.4 is 5.32 Å². The zero-order valence-electron chi connectivity index (χ0n) is 11.7. The summed E-state index contributed by atoms with van der Waals surface area (Å²) in [4.78, 5) is 4.94. The van der Waals surface area contributed by atoms with Gasteiger partial charge in [-0.25, -0.2) is 0 Å². The van der Waals surface area contributed by atoms with Crippen molar-refractivity contribution >= 4 is 0 Å². The third kappa shape index (κ3) is 4.81. The first-order chi connectivity index (χ1) is 7.43. The molecule has 0 amide bonds. The van der Waals surface area contributed by atoms with E-state index in [1.54, 1.807) is 0 Å². The Labute approximate surface area is 101 Å². The summed E-state index contributed by atoms with van der Waals surface area (Å²) in [7, 11) is 6.53. The predicted octanol–water partition coefficient (Wildman–Crippen LogP) is 1.26. The van der Waals surface area contributed by atoms with Crippen LogP contribution in [0.25, 0.3) is 0 Å². The molecule has 3 nitrogen and oxygen atoms in total. The van der Waals surface area contributed by atoms with E-state index >= 15 is 0 Å². The fraction of sp³-hybridized carbons (Fsp3) is 1.00. The van der Waals surface area contributed by atoms with Crippen LogP contribution >= 0.6 is 0 Å². The van der Waals surface area contributed by atoms with Crippen LogP contribution in [-0.4, -0.2) is 62.7 Å². The Kier molecular flexibility index (Phi) is 5.22. The van der Waals surface area contributed by atoms with Crippen LogP contribution in [0.5, 0.6) is 0 Å². The second kappa shape index (κ2) is 5.99. The first kappa shape index (κ1) is 13.9. The van der Waals surface area contributed by atoms with Gasteiger partial charge in [0.15, 0.2) is 0 Å². The summed E-state index contributed by atoms with van der Waals surface area (Å²) in [6.07, 6.45) is 2.76. The first-order valence-electron chi connectivity index (χ1n) is 6.49. The minimum atomic E-state index is 0.218. The number of piperidine rings is 1. The van der Waals surface area contributed by atoms with Crippen molar-refractivity contribution in [1.82, 2.24) is 15.1 Å². The molecule has 1 aliphatic rings. The lowest BCUT2D eigenvalue weighted by atomic mass is 9.97. The van der Waals surface area contributed by atoms with E-state index in [1.165, 1.54) is 32.5 Å². The van der Waals surface area contributed by atoms with Crippen LogP contribution in [0.4, 0.5) is 0 Å². The van der Waals surface area contributed by atoms with E-state index < -0.39 is 0 Å². The molecule has 0 aromatic carbocycles. The molecule has 1 saturated heterocycles. The summed E-state index contributed by atoms with van der Waals surface area (Å²) in [5.74, 6) is 0.858. The number of hydrogen-bond acceptors (Lipinski definition) is 3. The zero-order chi connectivity index (χ0) is 12.2. The zero-order valence-corrected chi connectivity index (χ0v) is 11.7. The molecule has 1 aliphatic heterocycles. The second-order valence-electron chi connectivity index (χ2n) is 6.10. The van der Waals surface area contributed by atoms with Crippen molar-refractivity contribution in [2.24, 2.45) is 5.92 Å². The SMILES string of the molecule is CNC(C)(C)CN(C)CC1CCCN(C)C1. The number of hydrogen-bond donors (Lipinski definition) is 1. The number of likely N-dealkylation sites (tertiary alicyclic amines) is 1. The van der Waals surface area contributed by atoms with Crippen molar-refractivity contribution in [3.63, 3.8) is 0 Å². The lowest BCUT2D eigenvalue weighted by Crippen LogP contribution is -2.48. The normalized spacial score (nSPS) is 24.0. The fourth-order valence-electron chi connectivity index (χ4n) is 2.68. The average Bonchev–Trinajstić information content (AvgIpc) is 2.16. The predicted molar refractivity (Wildman–Crippen MR) is 70.9 cm³/mol. The van der Waals surface area contributed by atoms with Gasteiger partial charge in [0, 0.05) is 25.2 Å². The quantitative estimate of drug-likeness (QED) is 0.763. The van der Waals surface area contributed by atoms with Gasteiger partial charge in [0.1, 0.15) is 0 Å². The van der Waals surface area contributed by atoms with Crippen LogP contribution in [0, 0.1) is 5.92 Å². The van der Waals surface area contributed by atoms with Gasteiger partial charge < -0.3 is 15.1 Å². The molecule has 0 aliphatic carbocycles. The maximum Gasteiger partial charge on any atom is 0.0249 e. The Balaban J connectivity index is 2.30. The monoisotopic (exact) mass is 227 g/mol. The van der Waals surface area contributed by atoms with E-state index in [1.807, 2.05) is 7.05 Å². The average molecular weight is 227 g/mol. The van der Waals surface area contributed by atoms with E-state index in [0.29, 0.717) is 0 Å². The lowest BCUT2D eigenvalue weighted by molar-refractivity contribution is 0.150. The third-order valence-electron chi connectivity index (χ3n) is 3.63. The van der Waals surface area contributed by atoms with Crippen molar-refractivity contribution < 1.29 is 0 Å². The third-order valence-corrected chi connectivity index (χ3v) is 3.63. The molecule has 3 heteroatoms. The molecule has 1 heterocycles. The minimum Gasteiger partial charge on any atom is -0.314 e. The summed E-state index contributed by atoms with van der Waals surface area (Å²) < 4.78 is 0. The van der Waals surface area contributed by atoms with Crippen molar-refractivity contribution in [2.75, 3.05) is 47.3 Å². The van der Waals surface area contributed by atoms with Crippen molar-refractivity contribution in [1.29, 1.82) is 0 Å². The Morgan fingerprint density at radius 1 is 1.44 bits per heavy atom. The Bertz CT molecular complexity index is 203. The lowest BCUT2D eigenvalue weighted by Gasteiger charge is -2.35. The van der Waals surface area contributed by atoms with Crippen LogP contribution in [-0.2, 0) is 0 Å². The number of nitrogens with one attached hydrogen (secondary N) is 1. The molecule has 1 unspecified atom stereocenters. The summed E-state index contributed by atoms with van der Waals surface area (Å²) in [6.45, 7) is 9.42. The molecule has 0 radical (unpaired) electrons.